The summed E-state index contributed by atoms with van der Waals surface area (Å²) in [4.78, 5) is 0. The van der Waals surface area contributed by atoms with E-state index in [1.807, 2.05) is 0 Å². The van der Waals surface area contributed by atoms with E-state index in [2.05, 4.69) is 5.16 Å². The van der Waals surface area contributed by atoms with Gasteiger partial charge < -0.3 is 46.1 Å². The Labute approximate surface area is 147 Å². The zero-order valence-electron chi connectivity index (χ0n) is 16.5. The highest BCUT2D eigenvalue weighted by atomic mass is 16.4. The molecule has 0 heterocycles. The van der Waals surface area contributed by atoms with E-state index in [4.69, 9.17) is 46.1 Å². The summed E-state index contributed by atoms with van der Waals surface area (Å²) in [5.41, 5.74) is 0.983. The average Bonchev–Trinajstić information content (AvgIpc) is 2.80. The lowest BCUT2D eigenvalue weighted by Gasteiger charge is -2.08. The zero-order chi connectivity index (χ0) is 21.8. The zero-order valence-corrected chi connectivity index (χ0v) is 16.5. The van der Waals surface area contributed by atoms with Crippen molar-refractivity contribution in [1.29, 1.82) is 0 Å². The van der Waals surface area contributed by atoms with Crippen molar-refractivity contribution in [3.05, 3.63) is 0 Å². The molecule has 0 unspecified atom stereocenters. The Bertz CT molecular complexity index is 110. The molecule has 9 N–H and O–H groups in total. The fourth-order valence-corrected chi connectivity index (χ4v) is 1.06. The van der Waals surface area contributed by atoms with Gasteiger partial charge in [0.05, 0.1) is 5.71 Å². The summed E-state index contributed by atoms with van der Waals surface area (Å²) in [6.07, 6.45) is 5.74. The number of hydrogen-bond donors (Lipinski definition) is 9. The molecule has 0 spiro atoms. The van der Waals surface area contributed by atoms with E-state index in [1.54, 1.807) is 0 Å². The van der Waals surface area contributed by atoms with Crippen LogP contribution >= 0.6 is 0 Å². The second kappa shape index (κ2) is 149. The molecule has 1 saturated carbocycles. The van der Waals surface area contributed by atoms with Crippen LogP contribution in [0.25, 0.3) is 0 Å². The van der Waals surface area contributed by atoms with Crippen LogP contribution in [0.4, 0.5) is 0 Å². The van der Waals surface area contributed by atoms with Crippen molar-refractivity contribution in [2.24, 2.45) is 5.16 Å². The maximum Gasteiger partial charge on any atom is 0.0570 e. The minimum atomic E-state index is 0.983. The standard InChI is InChI=1S/C6H11NO.8CH4O/c8-7-6-4-2-1-3-5-6;8*1-2/h8H,1-5H2;8*2H,1H3. The molecule has 158 valence electrons. The predicted octanol–water partition coefficient (Wildman–Crippen LogP) is -1.35. The highest BCUT2D eigenvalue weighted by molar-refractivity contribution is 5.84. The monoisotopic (exact) mass is 369 g/mol. The number of aliphatic hydroxyl groups excluding tert-OH is 8. The van der Waals surface area contributed by atoms with Gasteiger partial charge in [0, 0.05) is 56.9 Å². The Kier molecular flexibility index (Phi) is 308. The largest absolute Gasteiger partial charge is 0.411 e. The van der Waals surface area contributed by atoms with Crippen LogP contribution in [0.1, 0.15) is 32.1 Å². The predicted molar refractivity (Wildman–Crippen MR) is 97.4 cm³/mol. The van der Waals surface area contributed by atoms with E-state index in [0.29, 0.717) is 0 Å². The minimum absolute atomic E-state index is 0.983. The fraction of sp³-hybridized carbons (Fsp3) is 0.929. The SMILES string of the molecule is CO.CO.CO.CO.CO.CO.CO.CO.ON=C1CCCCC1. The number of nitrogens with zero attached hydrogens (tertiary/aromatic N) is 1. The Morgan fingerprint density at radius 3 is 0.792 bits per heavy atom. The third-order valence-corrected chi connectivity index (χ3v) is 1.57. The molecule has 0 bridgehead atoms. The van der Waals surface area contributed by atoms with Gasteiger partial charge in [-0.3, -0.25) is 0 Å². The highest BCUT2D eigenvalue weighted by Crippen LogP contribution is 2.13. The lowest BCUT2D eigenvalue weighted by atomic mass is 9.99. The number of oxime groups is 1. The molecular formula is C14H43NO9. The van der Waals surface area contributed by atoms with E-state index < -0.39 is 0 Å². The van der Waals surface area contributed by atoms with Crippen molar-refractivity contribution in [3.63, 3.8) is 0 Å². The van der Waals surface area contributed by atoms with Crippen LogP contribution in [0, 0.1) is 0 Å². The van der Waals surface area contributed by atoms with E-state index >= 15 is 0 Å². The first-order valence-electron chi connectivity index (χ1n) is 6.71. The Hall–Kier alpha value is -0.850. The first-order valence-corrected chi connectivity index (χ1v) is 6.71. The summed E-state index contributed by atoms with van der Waals surface area (Å²) in [7, 11) is 8.00. The number of hydrogen-bond acceptors (Lipinski definition) is 10. The summed E-state index contributed by atoms with van der Waals surface area (Å²) in [6, 6.07) is 0. The second-order valence-electron chi connectivity index (χ2n) is 2.23. The molecule has 1 fully saturated rings. The van der Waals surface area contributed by atoms with Crippen LogP contribution in [0.15, 0.2) is 5.16 Å². The van der Waals surface area contributed by atoms with Crippen molar-refractivity contribution in [1.82, 2.24) is 0 Å². The van der Waals surface area contributed by atoms with Crippen molar-refractivity contribution >= 4 is 5.71 Å². The van der Waals surface area contributed by atoms with Crippen LogP contribution in [-0.4, -0.2) is 109 Å². The molecule has 10 heteroatoms. The lowest BCUT2D eigenvalue weighted by molar-refractivity contribution is 0.314. The topological polar surface area (TPSA) is 194 Å². The van der Waals surface area contributed by atoms with E-state index in [9.17, 15) is 0 Å². The van der Waals surface area contributed by atoms with Gasteiger partial charge in [0.15, 0.2) is 0 Å². The molecular weight excluding hydrogens is 326 g/mol. The Morgan fingerprint density at radius 2 is 0.667 bits per heavy atom. The normalized spacial score (nSPS) is 8.92. The molecule has 0 aromatic carbocycles. The van der Waals surface area contributed by atoms with Crippen LogP contribution in [0.3, 0.4) is 0 Å². The minimum Gasteiger partial charge on any atom is -0.411 e. The summed E-state index contributed by atoms with van der Waals surface area (Å²) < 4.78 is 0. The van der Waals surface area contributed by atoms with Gasteiger partial charge in [-0.05, 0) is 25.7 Å². The molecule has 0 atom stereocenters. The Morgan fingerprint density at radius 1 is 0.458 bits per heavy atom. The average molecular weight is 369 g/mol. The summed E-state index contributed by atoms with van der Waals surface area (Å²) >= 11 is 0. The molecule has 24 heavy (non-hydrogen) atoms. The molecule has 0 saturated heterocycles. The van der Waals surface area contributed by atoms with Crippen LogP contribution in [-0.2, 0) is 0 Å². The molecule has 0 radical (unpaired) electrons. The van der Waals surface area contributed by atoms with Crippen LogP contribution in [0.5, 0.6) is 0 Å². The van der Waals surface area contributed by atoms with E-state index in [-0.39, 0.29) is 0 Å². The quantitative estimate of drug-likeness (QED) is 0.183. The van der Waals surface area contributed by atoms with Crippen molar-refractivity contribution < 1.29 is 46.1 Å². The van der Waals surface area contributed by atoms with Gasteiger partial charge in [0.1, 0.15) is 0 Å². The van der Waals surface area contributed by atoms with Crippen molar-refractivity contribution in [3.8, 4) is 0 Å². The molecule has 0 aromatic heterocycles. The van der Waals surface area contributed by atoms with Crippen LogP contribution < -0.4 is 0 Å². The molecule has 0 amide bonds. The molecule has 0 aliphatic heterocycles. The molecule has 10 nitrogen and oxygen atoms in total. The van der Waals surface area contributed by atoms with Crippen molar-refractivity contribution in [2.75, 3.05) is 56.9 Å². The van der Waals surface area contributed by atoms with Gasteiger partial charge in [0.25, 0.3) is 0 Å². The van der Waals surface area contributed by atoms with Crippen LogP contribution in [0.2, 0.25) is 0 Å². The van der Waals surface area contributed by atoms with Gasteiger partial charge in [-0.1, -0.05) is 11.6 Å². The first-order chi connectivity index (χ1) is 11.9. The maximum atomic E-state index is 8.28. The lowest BCUT2D eigenvalue weighted by Crippen LogP contribution is -2.03. The molecule has 1 rings (SSSR count). The van der Waals surface area contributed by atoms with Gasteiger partial charge in [-0.15, -0.1) is 0 Å². The molecule has 0 aromatic rings. The summed E-state index contributed by atoms with van der Waals surface area (Å²) in [5, 5.41) is 67.4. The van der Waals surface area contributed by atoms with Gasteiger partial charge in [-0.2, -0.15) is 0 Å². The van der Waals surface area contributed by atoms with Gasteiger partial charge in [0.2, 0.25) is 0 Å². The van der Waals surface area contributed by atoms with Crippen molar-refractivity contribution in [2.45, 2.75) is 32.1 Å². The van der Waals surface area contributed by atoms with E-state index in [1.165, 1.54) is 19.3 Å². The van der Waals surface area contributed by atoms with Gasteiger partial charge in [-0.25, -0.2) is 0 Å². The fourth-order valence-electron chi connectivity index (χ4n) is 1.06. The molecule has 1 aliphatic carbocycles. The number of aliphatic hydroxyl groups is 8. The molecule has 1 aliphatic rings. The highest BCUT2D eigenvalue weighted by Gasteiger charge is 2.05. The number of rotatable bonds is 0. The Balaban J connectivity index is -0.0000000230. The third kappa shape index (κ3) is 103. The van der Waals surface area contributed by atoms with E-state index in [0.717, 1.165) is 75.4 Å². The summed E-state index contributed by atoms with van der Waals surface area (Å²) in [6.45, 7) is 0. The second-order valence-corrected chi connectivity index (χ2v) is 2.23. The van der Waals surface area contributed by atoms with Gasteiger partial charge >= 0.3 is 0 Å². The maximum absolute atomic E-state index is 8.28. The third-order valence-electron chi connectivity index (χ3n) is 1.57. The first kappa shape index (κ1) is 49.5. The summed E-state index contributed by atoms with van der Waals surface area (Å²) in [5.74, 6) is 0. The smallest absolute Gasteiger partial charge is 0.0570 e.